The topological polar surface area (TPSA) is 133 Å². The van der Waals surface area contributed by atoms with Gasteiger partial charge in [-0.2, -0.15) is 5.26 Å². The van der Waals surface area contributed by atoms with Gasteiger partial charge in [0.05, 0.1) is 21.4 Å². The van der Waals surface area contributed by atoms with Crippen molar-refractivity contribution in [1.29, 1.82) is 5.26 Å². The Labute approximate surface area is 154 Å². The van der Waals surface area contributed by atoms with Gasteiger partial charge in [-0.3, -0.25) is 14.9 Å². The lowest BCUT2D eigenvalue weighted by Gasteiger charge is -2.03. The molecule has 0 saturated heterocycles. The average Bonchev–Trinajstić information content (AvgIpc) is 2.61. The first-order valence-corrected chi connectivity index (χ1v) is 7.97. The van der Waals surface area contributed by atoms with Crippen LogP contribution in [0.25, 0.3) is 22.6 Å². The molecule has 8 nitrogen and oxygen atoms in total. The van der Waals surface area contributed by atoms with E-state index in [0.29, 0.717) is 16.5 Å². The lowest BCUT2D eigenvalue weighted by atomic mass is 10.1. The van der Waals surface area contributed by atoms with Gasteiger partial charge in [0.1, 0.15) is 6.07 Å². The molecule has 0 unspecified atom stereocenters. The number of nitro benzene ring substituents is 1. The molecule has 0 aliphatic heterocycles. The van der Waals surface area contributed by atoms with E-state index in [9.17, 15) is 25.3 Å². The molecular formula is C17H9BrN4O4. The number of aromatic hydroxyl groups is 1. The predicted octanol–water partition coefficient (Wildman–Crippen LogP) is 3.36. The van der Waals surface area contributed by atoms with E-state index in [4.69, 9.17) is 0 Å². The molecule has 0 saturated carbocycles. The van der Waals surface area contributed by atoms with E-state index in [1.807, 2.05) is 6.07 Å². The molecule has 0 aliphatic carbocycles. The van der Waals surface area contributed by atoms with E-state index < -0.39 is 21.9 Å². The summed E-state index contributed by atoms with van der Waals surface area (Å²) in [6.45, 7) is 0. The van der Waals surface area contributed by atoms with Gasteiger partial charge in [-0.05, 0) is 35.9 Å². The highest BCUT2D eigenvalue weighted by molar-refractivity contribution is 9.10. The third-order valence-corrected chi connectivity index (χ3v) is 4.04. The Bertz CT molecular complexity index is 1180. The maximum absolute atomic E-state index is 12.2. The molecule has 0 aliphatic rings. The number of aromatic nitrogens is 2. The number of phenolic OH excluding ortho intramolecular Hbond substituents is 1. The number of fused-ring (bicyclic) bond motifs is 1. The summed E-state index contributed by atoms with van der Waals surface area (Å²) in [6.07, 6.45) is 1.34. The molecule has 2 aromatic carbocycles. The summed E-state index contributed by atoms with van der Waals surface area (Å²) < 4.78 is 0.720. The first-order valence-electron chi connectivity index (χ1n) is 7.18. The average molecular weight is 413 g/mol. The van der Waals surface area contributed by atoms with E-state index in [2.05, 4.69) is 25.9 Å². The van der Waals surface area contributed by atoms with Crippen molar-refractivity contribution >= 4 is 44.2 Å². The fourth-order valence-electron chi connectivity index (χ4n) is 2.34. The molecule has 9 heteroatoms. The lowest BCUT2D eigenvalue weighted by Crippen LogP contribution is -2.11. The summed E-state index contributed by atoms with van der Waals surface area (Å²) in [5, 5.41) is 30.2. The van der Waals surface area contributed by atoms with E-state index in [-0.39, 0.29) is 11.4 Å². The minimum atomic E-state index is -0.729. The number of nitriles is 1. The summed E-state index contributed by atoms with van der Waals surface area (Å²) in [7, 11) is 0. The molecule has 3 rings (SSSR count). The van der Waals surface area contributed by atoms with Gasteiger partial charge < -0.3 is 10.1 Å². The second-order valence-corrected chi connectivity index (χ2v) is 6.17. The van der Waals surface area contributed by atoms with Crippen molar-refractivity contribution in [1.82, 2.24) is 9.97 Å². The zero-order valence-electron chi connectivity index (χ0n) is 12.9. The molecule has 0 spiro atoms. The Morgan fingerprint density at radius 2 is 2.12 bits per heavy atom. The van der Waals surface area contributed by atoms with Crippen LogP contribution < -0.4 is 5.56 Å². The van der Waals surface area contributed by atoms with Gasteiger partial charge in [0.25, 0.3) is 5.56 Å². The van der Waals surface area contributed by atoms with Crippen LogP contribution in [0.15, 0.2) is 45.7 Å². The van der Waals surface area contributed by atoms with Crippen LogP contribution in [0.2, 0.25) is 0 Å². The summed E-state index contributed by atoms with van der Waals surface area (Å²) >= 11 is 3.28. The zero-order valence-corrected chi connectivity index (χ0v) is 14.5. The van der Waals surface area contributed by atoms with E-state index in [1.54, 1.807) is 18.2 Å². The Balaban J connectivity index is 2.14. The summed E-state index contributed by atoms with van der Waals surface area (Å²) in [5.41, 5.74) is -0.161. The second kappa shape index (κ2) is 6.78. The predicted molar refractivity (Wildman–Crippen MR) is 98.3 cm³/mol. The summed E-state index contributed by atoms with van der Waals surface area (Å²) in [6, 6.07) is 10.6. The second-order valence-electron chi connectivity index (χ2n) is 5.25. The molecule has 0 atom stereocenters. The number of benzene rings is 2. The zero-order chi connectivity index (χ0) is 18.8. The van der Waals surface area contributed by atoms with Crippen molar-refractivity contribution in [2.24, 2.45) is 0 Å². The Morgan fingerprint density at radius 3 is 2.81 bits per heavy atom. The largest absolute Gasteiger partial charge is 0.502 e. The van der Waals surface area contributed by atoms with Crippen LogP contribution in [0.5, 0.6) is 5.75 Å². The maximum Gasteiger partial charge on any atom is 0.311 e. The number of nitro groups is 1. The molecule has 2 N–H and O–H groups in total. The third kappa shape index (κ3) is 3.31. The fourth-order valence-corrected chi connectivity index (χ4v) is 2.70. The van der Waals surface area contributed by atoms with E-state index in [1.165, 1.54) is 12.1 Å². The highest BCUT2D eigenvalue weighted by Gasteiger charge is 2.14. The number of rotatable bonds is 3. The van der Waals surface area contributed by atoms with Crippen molar-refractivity contribution < 1.29 is 10.0 Å². The highest BCUT2D eigenvalue weighted by atomic mass is 79.9. The number of allylic oxidation sites excluding steroid dienone is 1. The van der Waals surface area contributed by atoms with Crippen LogP contribution in [-0.2, 0) is 0 Å². The van der Waals surface area contributed by atoms with Gasteiger partial charge in [0.2, 0.25) is 0 Å². The number of nitrogens with zero attached hydrogens (tertiary/aromatic N) is 3. The molecule has 26 heavy (non-hydrogen) atoms. The van der Waals surface area contributed by atoms with Crippen LogP contribution in [0.3, 0.4) is 0 Å². The number of halogens is 1. The number of hydrogen-bond acceptors (Lipinski definition) is 6. The Kier molecular flexibility index (Phi) is 4.51. The number of nitrogens with one attached hydrogen (secondary N) is 1. The van der Waals surface area contributed by atoms with Crippen molar-refractivity contribution in [2.75, 3.05) is 0 Å². The normalized spacial score (nSPS) is 11.3. The van der Waals surface area contributed by atoms with Crippen molar-refractivity contribution in [3.63, 3.8) is 0 Å². The van der Waals surface area contributed by atoms with Crippen molar-refractivity contribution in [3.8, 4) is 11.8 Å². The van der Waals surface area contributed by atoms with E-state index >= 15 is 0 Å². The van der Waals surface area contributed by atoms with Crippen LogP contribution in [-0.4, -0.2) is 20.0 Å². The van der Waals surface area contributed by atoms with Crippen LogP contribution in [0, 0.1) is 21.4 Å². The van der Waals surface area contributed by atoms with Crippen LogP contribution in [0.1, 0.15) is 11.4 Å². The van der Waals surface area contributed by atoms with Crippen molar-refractivity contribution in [2.45, 2.75) is 0 Å². The number of phenols is 1. The number of aromatic amines is 1. The van der Waals surface area contributed by atoms with E-state index in [0.717, 1.165) is 16.6 Å². The summed E-state index contributed by atoms with van der Waals surface area (Å²) in [4.78, 5) is 29.2. The smallest absolute Gasteiger partial charge is 0.311 e. The van der Waals surface area contributed by atoms with Crippen LogP contribution in [0.4, 0.5) is 5.69 Å². The Hall–Kier alpha value is -3.51. The van der Waals surface area contributed by atoms with Gasteiger partial charge in [-0.1, -0.05) is 22.0 Å². The standard InChI is InChI=1S/C17H9BrN4O4/c18-11-2-3-13-12(7-11)17(24)21-16(20-13)10(8-19)5-9-1-4-15(23)14(6-9)22(25)26/h1-7,23H,(H,20,21,24). The number of hydrogen-bond donors (Lipinski definition) is 2. The van der Waals surface area contributed by atoms with Gasteiger partial charge in [0.15, 0.2) is 11.6 Å². The molecule has 1 heterocycles. The minimum absolute atomic E-state index is 0.0203. The van der Waals surface area contributed by atoms with Crippen LogP contribution >= 0.6 is 15.9 Å². The first-order chi connectivity index (χ1) is 12.4. The molecular weight excluding hydrogens is 404 g/mol. The SMILES string of the molecule is N#CC(=Cc1ccc(O)c([N+](=O)[O-])c1)c1nc2ccc(Br)cc2c(=O)[nH]1. The molecule has 0 amide bonds. The van der Waals surface area contributed by atoms with Gasteiger partial charge >= 0.3 is 5.69 Å². The quantitative estimate of drug-likeness (QED) is 0.384. The molecule has 0 fully saturated rings. The van der Waals surface area contributed by atoms with Crippen molar-refractivity contribution in [3.05, 3.63) is 72.7 Å². The monoisotopic (exact) mass is 412 g/mol. The van der Waals surface area contributed by atoms with Gasteiger partial charge in [-0.15, -0.1) is 0 Å². The number of H-pyrrole nitrogens is 1. The first kappa shape index (κ1) is 17.3. The highest BCUT2D eigenvalue weighted by Crippen LogP contribution is 2.28. The fraction of sp³-hybridized carbons (Fsp3) is 0. The molecule has 0 radical (unpaired) electrons. The summed E-state index contributed by atoms with van der Waals surface area (Å²) in [5.74, 6) is -0.434. The molecule has 0 bridgehead atoms. The van der Waals surface area contributed by atoms with Gasteiger partial charge in [0, 0.05) is 10.5 Å². The lowest BCUT2D eigenvalue weighted by molar-refractivity contribution is -0.385. The van der Waals surface area contributed by atoms with Gasteiger partial charge in [-0.25, -0.2) is 4.98 Å². The minimum Gasteiger partial charge on any atom is -0.502 e. The molecule has 128 valence electrons. The third-order valence-electron chi connectivity index (χ3n) is 3.55. The Morgan fingerprint density at radius 1 is 1.35 bits per heavy atom. The molecule has 1 aromatic heterocycles. The molecule has 3 aromatic rings. The maximum atomic E-state index is 12.2.